The van der Waals surface area contributed by atoms with E-state index in [4.69, 9.17) is 0 Å². The summed E-state index contributed by atoms with van der Waals surface area (Å²) >= 11 is 1.50. The van der Waals surface area contributed by atoms with Crippen molar-refractivity contribution in [3.8, 4) is 0 Å². The molecule has 0 amide bonds. The van der Waals surface area contributed by atoms with Crippen molar-refractivity contribution in [2.45, 2.75) is 6.42 Å². The number of rotatable bonds is 3. The lowest BCUT2D eigenvalue weighted by atomic mass is 10.2. The molecule has 3 heteroatoms. The number of thiophene rings is 1. The van der Waals surface area contributed by atoms with Gasteiger partial charge in [0.05, 0.1) is 11.4 Å². The highest BCUT2D eigenvalue weighted by Crippen LogP contribution is 2.11. The molecule has 0 unspecified atom stereocenters. The normalized spacial score (nSPS) is 14.7. The fourth-order valence-electron chi connectivity index (χ4n) is 1.31. The molecule has 2 heterocycles. The maximum atomic E-state index is 11.7. The smallest absolute Gasteiger partial charge is 0.192 e. The Balaban J connectivity index is 1.98. The minimum absolute atomic E-state index is 0.177. The number of hydrogen-bond acceptors (Lipinski definition) is 3. The summed E-state index contributed by atoms with van der Waals surface area (Å²) in [6, 6.07) is 3.77. The molecule has 0 aliphatic carbocycles. The Labute approximate surface area is 87.2 Å². The highest BCUT2D eigenvalue weighted by molar-refractivity contribution is 7.12. The van der Waals surface area contributed by atoms with Crippen LogP contribution in [0, 0.1) is 0 Å². The van der Waals surface area contributed by atoms with Gasteiger partial charge in [0.25, 0.3) is 0 Å². The highest BCUT2D eigenvalue weighted by Gasteiger charge is 2.09. The minimum Gasteiger partial charge on any atom is -0.347 e. The van der Waals surface area contributed by atoms with Crippen LogP contribution in [-0.4, -0.2) is 17.2 Å². The summed E-state index contributed by atoms with van der Waals surface area (Å²) in [5.41, 5.74) is 0. The lowest BCUT2D eigenvalue weighted by Gasteiger charge is -2.16. The summed E-state index contributed by atoms with van der Waals surface area (Å²) in [4.78, 5) is 14.4. The van der Waals surface area contributed by atoms with Crippen molar-refractivity contribution in [3.05, 3.63) is 46.9 Å². The quantitative estimate of drug-likeness (QED) is 0.707. The van der Waals surface area contributed by atoms with Crippen molar-refractivity contribution in [1.82, 2.24) is 4.90 Å². The van der Waals surface area contributed by atoms with Crippen molar-refractivity contribution < 1.29 is 4.79 Å². The van der Waals surface area contributed by atoms with Crippen LogP contribution in [0.2, 0.25) is 0 Å². The maximum Gasteiger partial charge on any atom is 0.192 e. The molecule has 1 aliphatic rings. The molecule has 0 aromatic carbocycles. The summed E-state index contributed by atoms with van der Waals surface area (Å²) in [6.45, 7) is 0.438. The van der Waals surface area contributed by atoms with E-state index in [1.54, 1.807) is 0 Å². The van der Waals surface area contributed by atoms with Gasteiger partial charge in [-0.1, -0.05) is 18.2 Å². The molecule has 14 heavy (non-hydrogen) atoms. The molecule has 1 aromatic rings. The molecule has 1 aliphatic heterocycles. The van der Waals surface area contributed by atoms with Gasteiger partial charge in [0.15, 0.2) is 5.78 Å². The lowest BCUT2D eigenvalue weighted by molar-refractivity contribution is 0.0973. The van der Waals surface area contributed by atoms with Gasteiger partial charge < -0.3 is 4.90 Å². The molecule has 0 bridgehead atoms. The van der Waals surface area contributed by atoms with E-state index in [0.717, 1.165) is 11.3 Å². The van der Waals surface area contributed by atoms with Gasteiger partial charge in [-0.25, -0.2) is 0 Å². The molecular weight excluding hydrogens is 194 g/mol. The van der Waals surface area contributed by atoms with Gasteiger partial charge >= 0.3 is 0 Å². The van der Waals surface area contributed by atoms with E-state index in [9.17, 15) is 4.79 Å². The fourth-order valence-corrected chi connectivity index (χ4v) is 1.96. The van der Waals surface area contributed by atoms with Crippen LogP contribution < -0.4 is 0 Å². The number of allylic oxidation sites excluding steroid dienone is 2. The Morgan fingerprint density at radius 3 is 2.86 bits per heavy atom. The molecular formula is C11H11NOS. The van der Waals surface area contributed by atoms with E-state index in [1.165, 1.54) is 11.3 Å². The van der Waals surface area contributed by atoms with Gasteiger partial charge in [-0.3, -0.25) is 4.79 Å². The first-order valence-electron chi connectivity index (χ1n) is 4.52. The number of carbonyl (C=O) groups is 1. The van der Waals surface area contributed by atoms with E-state index in [2.05, 4.69) is 0 Å². The van der Waals surface area contributed by atoms with E-state index < -0.39 is 0 Å². The average Bonchev–Trinajstić information content (AvgIpc) is 2.72. The molecule has 0 saturated heterocycles. The second-order valence-electron chi connectivity index (χ2n) is 3.08. The van der Waals surface area contributed by atoms with Crippen LogP contribution in [0.5, 0.6) is 0 Å². The first kappa shape index (κ1) is 9.21. The van der Waals surface area contributed by atoms with Crippen LogP contribution in [0.15, 0.2) is 42.1 Å². The number of ketones is 1. The topological polar surface area (TPSA) is 20.3 Å². The summed E-state index contributed by atoms with van der Waals surface area (Å²) in [7, 11) is 0. The highest BCUT2D eigenvalue weighted by atomic mass is 32.1. The van der Waals surface area contributed by atoms with Gasteiger partial charge in [0.2, 0.25) is 0 Å². The van der Waals surface area contributed by atoms with Crippen LogP contribution in [0.1, 0.15) is 16.1 Å². The van der Waals surface area contributed by atoms with Crippen LogP contribution in [0.4, 0.5) is 0 Å². The average molecular weight is 205 g/mol. The SMILES string of the molecule is O=C(CN1C=CCC=C1)c1cccs1. The number of Topliss-reactive ketones (excluding diaryl/α,β-unsaturated/α-hetero) is 1. The molecule has 0 spiro atoms. The van der Waals surface area contributed by atoms with Crippen molar-refractivity contribution in [3.63, 3.8) is 0 Å². The summed E-state index contributed by atoms with van der Waals surface area (Å²) < 4.78 is 0. The largest absolute Gasteiger partial charge is 0.347 e. The molecule has 2 rings (SSSR count). The maximum absolute atomic E-state index is 11.7. The van der Waals surface area contributed by atoms with E-state index >= 15 is 0 Å². The van der Waals surface area contributed by atoms with E-state index in [-0.39, 0.29) is 5.78 Å². The molecule has 2 nitrogen and oxygen atoms in total. The van der Waals surface area contributed by atoms with Crippen molar-refractivity contribution in [1.29, 1.82) is 0 Å². The minimum atomic E-state index is 0.177. The van der Waals surface area contributed by atoms with Crippen LogP contribution in [0.25, 0.3) is 0 Å². The Kier molecular flexibility index (Phi) is 2.79. The number of nitrogens with zero attached hydrogens (tertiary/aromatic N) is 1. The van der Waals surface area contributed by atoms with Crippen molar-refractivity contribution >= 4 is 17.1 Å². The van der Waals surface area contributed by atoms with Crippen molar-refractivity contribution in [2.75, 3.05) is 6.54 Å². The third-order valence-electron chi connectivity index (χ3n) is 1.99. The molecule has 0 radical (unpaired) electrons. The monoisotopic (exact) mass is 205 g/mol. The van der Waals surface area contributed by atoms with Gasteiger partial charge in [-0.15, -0.1) is 11.3 Å². The van der Waals surface area contributed by atoms with Crippen LogP contribution in [-0.2, 0) is 0 Å². The zero-order valence-electron chi connectivity index (χ0n) is 7.72. The Morgan fingerprint density at radius 1 is 1.43 bits per heavy atom. The lowest BCUT2D eigenvalue weighted by Crippen LogP contribution is -2.20. The van der Waals surface area contributed by atoms with Gasteiger partial charge in [-0.2, -0.15) is 0 Å². The third kappa shape index (κ3) is 2.12. The molecule has 0 saturated carbocycles. The van der Waals surface area contributed by atoms with E-state index in [0.29, 0.717) is 6.54 Å². The number of hydrogen-bond donors (Lipinski definition) is 0. The second kappa shape index (κ2) is 4.24. The predicted molar refractivity (Wildman–Crippen MR) is 58.3 cm³/mol. The fraction of sp³-hybridized carbons (Fsp3) is 0.182. The molecule has 72 valence electrons. The summed E-state index contributed by atoms with van der Waals surface area (Å²) in [5.74, 6) is 0.177. The zero-order valence-corrected chi connectivity index (χ0v) is 8.54. The van der Waals surface area contributed by atoms with Gasteiger partial charge in [0.1, 0.15) is 0 Å². The van der Waals surface area contributed by atoms with E-state index in [1.807, 2.05) is 47.0 Å². The zero-order chi connectivity index (χ0) is 9.80. The third-order valence-corrected chi connectivity index (χ3v) is 2.90. The second-order valence-corrected chi connectivity index (χ2v) is 4.03. The predicted octanol–water partition coefficient (Wildman–Crippen LogP) is 2.66. The van der Waals surface area contributed by atoms with Gasteiger partial charge in [0, 0.05) is 12.4 Å². The Hall–Kier alpha value is -1.35. The molecule has 0 fully saturated rings. The van der Waals surface area contributed by atoms with Crippen molar-refractivity contribution in [2.24, 2.45) is 0 Å². The molecule has 1 aromatic heterocycles. The molecule has 0 N–H and O–H groups in total. The van der Waals surface area contributed by atoms with Crippen LogP contribution in [0.3, 0.4) is 0 Å². The standard InChI is InChI=1S/C11H11NOS/c13-10(11-5-4-8-14-11)9-12-6-2-1-3-7-12/h2-8H,1,9H2. The van der Waals surface area contributed by atoms with Crippen LogP contribution >= 0.6 is 11.3 Å². The number of carbonyl (C=O) groups excluding carboxylic acids is 1. The molecule has 0 atom stereocenters. The summed E-state index contributed by atoms with van der Waals surface area (Å²) in [6.07, 6.45) is 8.95. The first-order chi connectivity index (χ1) is 6.86. The first-order valence-corrected chi connectivity index (χ1v) is 5.40. The Morgan fingerprint density at radius 2 is 2.21 bits per heavy atom. The Bertz CT molecular complexity index is 353. The van der Waals surface area contributed by atoms with Gasteiger partial charge in [-0.05, 0) is 17.9 Å². The summed E-state index contributed by atoms with van der Waals surface area (Å²) in [5, 5.41) is 1.93.